The average Bonchev–Trinajstić information content (AvgIpc) is 3.02. The summed E-state index contributed by atoms with van der Waals surface area (Å²) < 4.78 is 0. The first-order valence-corrected chi connectivity index (χ1v) is 10.3. The first-order chi connectivity index (χ1) is 11.8. The Balaban J connectivity index is 1.88. The van der Waals surface area contributed by atoms with Crippen molar-refractivity contribution in [2.45, 2.75) is 64.3 Å². The van der Waals surface area contributed by atoms with E-state index in [1.54, 1.807) is 11.3 Å². The Morgan fingerprint density at radius 2 is 2.00 bits per heavy atom. The van der Waals surface area contributed by atoms with E-state index in [-0.39, 0.29) is 35.1 Å². The zero-order valence-corrected chi connectivity index (χ0v) is 16.8. The van der Waals surface area contributed by atoms with Gasteiger partial charge in [-0.25, -0.2) is 4.98 Å². The molecule has 1 fully saturated rings. The average molecular weight is 386 g/mol. The molecule has 1 aromatic heterocycles. The Bertz CT molecular complexity index is 597. The second kappa shape index (κ2) is 8.99. The summed E-state index contributed by atoms with van der Waals surface area (Å²) in [5, 5.41) is 9.01. The molecule has 0 radical (unpaired) electrons. The van der Waals surface area contributed by atoms with Crippen LogP contribution in [0.5, 0.6) is 0 Å². The highest BCUT2D eigenvalue weighted by molar-refractivity contribution is 7.09. The fourth-order valence-electron chi connectivity index (χ4n) is 3.09. The molecule has 0 aliphatic heterocycles. The van der Waals surface area contributed by atoms with Gasteiger partial charge in [0, 0.05) is 23.4 Å². The summed E-state index contributed by atoms with van der Waals surface area (Å²) >= 11 is 7.13. The summed E-state index contributed by atoms with van der Waals surface area (Å²) in [4.78, 5) is 28.4. The highest BCUT2D eigenvalue weighted by Crippen LogP contribution is 2.26. The molecule has 2 amide bonds. The zero-order valence-electron chi connectivity index (χ0n) is 15.2. The van der Waals surface area contributed by atoms with E-state index in [0.717, 1.165) is 36.4 Å². The molecule has 2 atom stereocenters. The Morgan fingerprint density at radius 1 is 1.28 bits per heavy atom. The molecule has 2 unspecified atom stereocenters. The maximum atomic E-state index is 12.4. The van der Waals surface area contributed by atoms with Gasteiger partial charge in [-0.05, 0) is 18.8 Å². The van der Waals surface area contributed by atoms with E-state index in [9.17, 15) is 9.59 Å². The highest BCUT2D eigenvalue weighted by Gasteiger charge is 2.27. The van der Waals surface area contributed by atoms with Crippen molar-refractivity contribution in [1.29, 1.82) is 0 Å². The third-order valence-electron chi connectivity index (χ3n) is 4.47. The Labute approximate surface area is 158 Å². The largest absolute Gasteiger partial charge is 0.355 e. The number of amides is 2. The van der Waals surface area contributed by atoms with Crippen molar-refractivity contribution in [1.82, 2.24) is 15.6 Å². The van der Waals surface area contributed by atoms with Crippen LogP contribution in [0.1, 0.15) is 57.2 Å². The Kier molecular flexibility index (Phi) is 7.25. The van der Waals surface area contributed by atoms with Crippen molar-refractivity contribution in [3.05, 3.63) is 16.1 Å². The number of halogens is 1. The van der Waals surface area contributed by atoms with E-state index in [1.165, 1.54) is 0 Å². The van der Waals surface area contributed by atoms with Gasteiger partial charge in [-0.15, -0.1) is 22.9 Å². The molecule has 25 heavy (non-hydrogen) atoms. The van der Waals surface area contributed by atoms with Crippen LogP contribution < -0.4 is 10.6 Å². The number of hydrogen-bond donors (Lipinski definition) is 2. The topological polar surface area (TPSA) is 71.1 Å². The van der Waals surface area contributed by atoms with Crippen molar-refractivity contribution in [3.63, 3.8) is 0 Å². The van der Waals surface area contributed by atoms with Crippen molar-refractivity contribution < 1.29 is 9.59 Å². The second-order valence-electron chi connectivity index (χ2n) is 7.73. The minimum absolute atomic E-state index is 0.00586. The summed E-state index contributed by atoms with van der Waals surface area (Å²) in [5.41, 5.74) is 0.837. The van der Waals surface area contributed by atoms with Crippen LogP contribution in [0.4, 0.5) is 0 Å². The van der Waals surface area contributed by atoms with Crippen LogP contribution in [0.2, 0.25) is 0 Å². The molecule has 0 bridgehead atoms. The molecule has 1 heterocycles. The number of nitrogens with zero attached hydrogens (tertiary/aromatic N) is 1. The predicted octanol–water partition coefficient (Wildman–Crippen LogP) is 3.01. The third-order valence-corrected chi connectivity index (χ3v) is 6.03. The van der Waals surface area contributed by atoms with Gasteiger partial charge in [0.05, 0.1) is 17.1 Å². The lowest BCUT2D eigenvalue weighted by atomic mass is 9.84. The van der Waals surface area contributed by atoms with Gasteiger partial charge in [-0.3, -0.25) is 9.59 Å². The van der Waals surface area contributed by atoms with E-state index in [4.69, 9.17) is 11.6 Å². The summed E-state index contributed by atoms with van der Waals surface area (Å²) in [5.74, 6) is 0.0928. The molecule has 140 valence electrons. The van der Waals surface area contributed by atoms with Crippen LogP contribution in [0.15, 0.2) is 5.38 Å². The minimum atomic E-state index is -0.158. The molecule has 7 heteroatoms. The molecule has 0 saturated heterocycles. The van der Waals surface area contributed by atoms with E-state index >= 15 is 0 Å². The van der Waals surface area contributed by atoms with Crippen molar-refractivity contribution >= 4 is 34.8 Å². The fraction of sp³-hybridized carbons (Fsp3) is 0.722. The number of alkyl halides is 1. The van der Waals surface area contributed by atoms with Crippen molar-refractivity contribution in [3.8, 4) is 0 Å². The lowest BCUT2D eigenvalue weighted by Gasteiger charge is -2.32. The van der Waals surface area contributed by atoms with Gasteiger partial charge in [0.1, 0.15) is 5.88 Å². The second-order valence-corrected chi connectivity index (χ2v) is 8.85. The zero-order chi connectivity index (χ0) is 18.4. The Hall–Kier alpha value is -1.14. The van der Waals surface area contributed by atoms with Crippen molar-refractivity contribution in [2.75, 3.05) is 12.4 Å². The van der Waals surface area contributed by atoms with Gasteiger partial charge in [-0.2, -0.15) is 0 Å². The first kappa shape index (κ1) is 20.2. The molecule has 2 N–H and O–H groups in total. The van der Waals surface area contributed by atoms with Crippen LogP contribution in [0, 0.1) is 5.92 Å². The monoisotopic (exact) mass is 385 g/mol. The van der Waals surface area contributed by atoms with E-state index < -0.39 is 0 Å². The standard InChI is InChI=1S/C18H28ClN3O2S/c1-18(2,3)17-21-13(11-25-17)8-15(23)22-14-7-5-4-6-12(14)10-20-16(24)9-19/h11-12,14H,4-10H2,1-3H3,(H,20,24)(H,22,23). The summed E-state index contributed by atoms with van der Waals surface area (Å²) in [7, 11) is 0. The van der Waals surface area contributed by atoms with E-state index in [0.29, 0.717) is 13.0 Å². The number of carbonyl (C=O) groups excluding carboxylic acids is 2. The van der Waals surface area contributed by atoms with Crippen LogP contribution in [0.3, 0.4) is 0 Å². The molecule has 1 saturated carbocycles. The van der Waals surface area contributed by atoms with Gasteiger partial charge < -0.3 is 10.6 Å². The van der Waals surface area contributed by atoms with Gasteiger partial charge in [0.2, 0.25) is 11.8 Å². The number of rotatable bonds is 6. The van der Waals surface area contributed by atoms with Gasteiger partial charge in [0.25, 0.3) is 0 Å². The maximum absolute atomic E-state index is 12.4. The molecule has 0 aromatic carbocycles. The van der Waals surface area contributed by atoms with Crippen LogP contribution >= 0.6 is 22.9 Å². The van der Waals surface area contributed by atoms with Crippen LogP contribution in [-0.2, 0) is 21.4 Å². The summed E-state index contributed by atoms with van der Waals surface area (Å²) in [6, 6.07) is 0.109. The molecule has 1 aliphatic carbocycles. The van der Waals surface area contributed by atoms with Gasteiger partial charge in [0.15, 0.2) is 0 Å². The quantitative estimate of drug-likeness (QED) is 0.739. The molecule has 2 rings (SSSR count). The Morgan fingerprint density at radius 3 is 2.64 bits per heavy atom. The molecule has 1 aromatic rings. The van der Waals surface area contributed by atoms with Crippen LogP contribution in [0.25, 0.3) is 0 Å². The molecular formula is C18H28ClN3O2S. The number of hydrogen-bond acceptors (Lipinski definition) is 4. The normalized spacial score (nSPS) is 21.0. The van der Waals surface area contributed by atoms with Crippen LogP contribution in [-0.4, -0.2) is 35.3 Å². The summed E-state index contributed by atoms with van der Waals surface area (Å²) in [6.45, 7) is 6.94. The molecule has 5 nitrogen and oxygen atoms in total. The maximum Gasteiger partial charge on any atom is 0.234 e. The highest BCUT2D eigenvalue weighted by atomic mass is 35.5. The SMILES string of the molecule is CC(C)(C)c1nc(CC(=O)NC2CCCCC2CNC(=O)CCl)cs1. The number of carbonyl (C=O) groups is 2. The third kappa shape index (κ3) is 6.26. The fourth-order valence-corrected chi connectivity index (χ4v) is 4.09. The lowest BCUT2D eigenvalue weighted by Crippen LogP contribution is -2.47. The first-order valence-electron chi connectivity index (χ1n) is 8.86. The van der Waals surface area contributed by atoms with Crippen molar-refractivity contribution in [2.24, 2.45) is 5.92 Å². The molecule has 0 spiro atoms. The lowest BCUT2D eigenvalue weighted by molar-refractivity contribution is -0.121. The predicted molar refractivity (Wildman–Crippen MR) is 102 cm³/mol. The van der Waals surface area contributed by atoms with E-state index in [2.05, 4.69) is 36.4 Å². The number of thiazole rings is 1. The van der Waals surface area contributed by atoms with E-state index in [1.807, 2.05) is 5.38 Å². The molecule has 1 aliphatic rings. The minimum Gasteiger partial charge on any atom is -0.355 e. The smallest absolute Gasteiger partial charge is 0.234 e. The van der Waals surface area contributed by atoms with Gasteiger partial charge >= 0.3 is 0 Å². The number of nitrogens with one attached hydrogen (secondary N) is 2. The summed E-state index contributed by atoms with van der Waals surface area (Å²) in [6.07, 6.45) is 4.52. The van der Waals surface area contributed by atoms with Gasteiger partial charge in [-0.1, -0.05) is 33.6 Å². The number of aromatic nitrogens is 1. The molecular weight excluding hydrogens is 358 g/mol.